The minimum absolute atomic E-state index is 0.0410. The quantitative estimate of drug-likeness (QED) is 0.156. The van der Waals surface area contributed by atoms with Crippen LogP contribution >= 0.6 is 11.6 Å². The van der Waals surface area contributed by atoms with Gasteiger partial charge in [0.1, 0.15) is 5.78 Å². The van der Waals surface area contributed by atoms with E-state index in [0.717, 1.165) is 61.7 Å². The number of ketones is 1. The number of hydrogen-bond acceptors (Lipinski definition) is 8. The van der Waals surface area contributed by atoms with Crippen molar-refractivity contribution in [1.82, 2.24) is 14.7 Å². The molecule has 5 rings (SSSR count). The van der Waals surface area contributed by atoms with Crippen molar-refractivity contribution in [3.05, 3.63) is 58.1 Å². The van der Waals surface area contributed by atoms with E-state index in [1.165, 1.54) is 64.6 Å². The number of Topliss-reactive ketones (excluding diaryl/α,β-unsaturated/α-hetero) is 1. The molecule has 3 heterocycles. The number of hydrogen-bond donors (Lipinski definition) is 1. The van der Waals surface area contributed by atoms with Gasteiger partial charge in [-0.25, -0.2) is 0 Å². The highest BCUT2D eigenvalue weighted by atomic mass is 35.5. The van der Waals surface area contributed by atoms with Crippen LogP contribution in [0.2, 0.25) is 5.02 Å². The Hall–Kier alpha value is -3.47. The van der Waals surface area contributed by atoms with Crippen molar-refractivity contribution in [2.24, 2.45) is 0 Å². The zero-order valence-electron chi connectivity index (χ0n) is 31.4. The molecule has 1 N–H and O–H groups in total. The summed E-state index contributed by atoms with van der Waals surface area (Å²) in [6.07, 6.45) is 10.7. The third-order valence-electron chi connectivity index (χ3n) is 9.76. The Morgan fingerprint density at radius 1 is 0.961 bits per heavy atom. The van der Waals surface area contributed by atoms with Gasteiger partial charge < -0.3 is 34.3 Å². The van der Waals surface area contributed by atoms with Crippen molar-refractivity contribution in [2.45, 2.75) is 104 Å². The van der Waals surface area contributed by atoms with E-state index in [1.54, 1.807) is 6.07 Å². The average molecular weight is 727 g/mol. The number of ether oxygens (including phenoxy) is 2. The van der Waals surface area contributed by atoms with E-state index in [4.69, 9.17) is 21.1 Å². The number of carbonyl (C=O) groups is 4. The summed E-state index contributed by atoms with van der Waals surface area (Å²) in [6.45, 7) is 13.3. The predicted octanol–water partition coefficient (Wildman–Crippen LogP) is 6.62. The molecule has 0 aliphatic carbocycles. The average Bonchev–Trinajstić information content (AvgIpc) is 3.14. The number of amides is 2. The molecule has 3 saturated heterocycles. The second-order valence-corrected chi connectivity index (χ2v) is 14.1. The van der Waals surface area contributed by atoms with Gasteiger partial charge >= 0.3 is 5.97 Å². The van der Waals surface area contributed by atoms with Crippen LogP contribution in [-0.2, 0) is 30.3 Å². The maximum atomic E-state index is 12.1. The van der Waals surface area contributed by atoms with Crippen molar-refractivity contribution < 1.29 is 28.7 Å². The first-order chi connectivity index (χ1) is 24.5. The first-order valence-electron chi connectivity index (χ1n) is 18.5. The fourth-order valence-corrected chi connectivity index (χ4v) is 7.31. The molecule has 3 fully saturated rings. The second kappa shape index (κ2) is 22.5. The zero-order chi connectivity index (χ0) is 37.2. The van der Waals surface area contributed by atoms with Crippen LogP contribution in [-0.4, -0.2) is 104 Å². The summed E-state index contributed by atoms with van der Waals surface area (Å²) in [5, 5.41) is 3.66. The Morgan fingerprint density at radius 2 is 1.63 bits per heavy atom. The van der Waals surface area contributed by atoms with Crippen LogP contribution in [0.1, 0.15) is 88.3 Å². The zero-order valence-corrected chi connectivity index (χ0v) is 32.1. The van der Waals surface area contributed by atoms with Gasteiger partial charge in [-0.2, -0.15) is 0 Å². The number of nitrogens with one attached hydrogen (secondary N) is 1. The van der Waals surface area contributed by atoms with Crippen LogP contribution < -0.4 is 10.1 Å². The van der Waals surface area contributed by atoms with Gasteiger partial charge in [-0.05, 0) is 108 Å². The molecule has 2 aromatic rings. The van der Waals surface area contributed by atoms with E-state index in [2.05, 4.69) is 16.3 Å². The van der Waals surface area contributed by atoms with E-state index < -0.39 is 0 Å². The van der Waals surface area contributed by atoms with E-state index in [9.17, 15) is 19.2 Å². The molecule has 11 heteroatoms. The van der Waals surface area contributed by atoms with E-state index in [-0.39, 0.29) is 30.1 Å². The fraction of sp³-hybridized carbons (Fsp3) is 0.600. The van der Waals surface area contributed by atoms with Gasteiger partial charge in [0.05, 0.1) is 5.02 Å². The Balaban J connectivity index is 0.000000233. The van der Waals surface area contributed by atoms with Crippen LogP contribution in [0.3, 0.4) is 0 Å². The molecule has 51 heavy (non-hydrogen) atoms. The van der Waals surface area contributed by atoms with Gasteiger partial charge in [-0.15, -0.1) is 0 Å². The van der Waals surface area contributed by atoms with Gasteiger partial charge in [0.2, 0.25) is 12.3 Å². The molecule has 10 nitrogen and oxygen atoms in total. The van der Waals surface area contributed by atoms with Crippen LogP contribution in [0.5, 0.6) is 5.75 Å². The summed E-state index contributed by atoms with van der Waals surface area (Å²) in [6, 6.07) is 12.8. The fourth-order valence-electron chi connectivity index (χ4n) is 6.95. The molecule has 0 saturated carbocycles. The second-order valence-electron chi connectivity index (χ2n) is 13.7. The predicted molar refractivity (Wildman–Crippen MR) is 203 cm³/mol. The number of halogens is 1. The Kier molecular flexibility index (Phi) is 18.5. The van der Waals surface area contributed by atoms with Crippen LogP contribution in [0.4, 0.5) is 5.69 Å². The summed E-state index contributed by atoms with van der Waals surface area (Å²) < 4.78 is 10.3. The highest BCUT2D eigenvalue weighted by Gasteiger charge is 2.26. The summed E-state index contributed by atoms with van der Waals surface area (Å²) in [4.78, 5) is 51.8. The van der Waals surface area contributed by atoms with Gasteiger partial charge in [0, 0.05) is 77.4 Å². The van der Waals surface area contributed by atoms with Crippen LogP contribution in [0.15, 0.2) is 36.4 Å². The molecular formula is C40H59ClN4O6. The van der Waals surface area contributed by atoms with E-state index >= 15 is 0 Å². The Bertz CT molecular complexity index is 1360. The monoisotopic (exact) mass is 726 g/mol. The summed E-state index contributed by atoms with van der Waals surface area (Å²) in [7, 11) is 1.90. The van der Waals surface area contributed by atoms with E-state index in [1.807, 2.05) is 55.0 Å². The first kappa shape index (κ1) is 41.9. The lowest BCUT2D eigenvalue weighted by Gasteiger charge is -2.37. The standard InChI is InChI=1S/C20H29N3O3.C10H11ClO2.C10H19NO/c1-16(25)7-8-20(26)22-13-10-18(11-14-22)23(15-24)12-9-17-5-3-4-6-19(17)21-2;1-6-4-7(2)10(9(11)5-6)13-8(3)12;1-2-6-11(7-3-1)10-4-8-12-9-5-10/h3-6,15,18,21H,7-14H2,1-2H3;4-5H,1-3H3;10H,1-9H2. The number of esters is 1. The topological polar surface area (TPSA) is 108 Å². The lowest BCUT2D eigenvalue weighted by atomic mass is 10.0. The van der Waals surface area contributed by atoms with Gasteiger partial charge in [0.15, 0.2) is 5.75 Å². The lowest BCUT2D eigenvalue weighted by Crippen LogP contribution is -2.46. The van der Waals surface area contributed by atoms with E-state index in [0.29, 0.717) is 36.8 Å². The van der Waals surface area contributed by atoms with Crippen LogP contribution in [0.25, 0.3) is 0 Å². The number of aryl methyl sites for hydroxylation is 2. The van der Waals surface area contributed by atoms with Crippen molar-refractivity contribution in [3.8, 4) is 5.75 Å². The molecule has 0 aromatic heterocycles. The van der Waals surface area contributed by atoms with Crippen molar-refractivity contribution in [2.75, 3.05) is 58.3 Å². The maximum Gasteiger partial charge on any atom is 0.308 e. The number of piperidine rings is 2. The number of carbonyl (C=O) groups excluding carboxylic acids is 4. The number of para-hydroxylation sites is 1. The molecule has 282 valence electrons. The number of rotatable bonds is 11. The molecule has 2 amide bonds. The minimum Gasteiger partial charge on any atom is -0.425 e. The molecule has 2 aromatic carbocycles. The molecule has 0 unspecified atom stereocenters. The maximum absolute atomic E-state index is 12.1. The summed E-state index contributed by atoms with van der Waals surface area (Å²) >= 11 is 5.90. The molecule has 3 aliphatic heterocycles. The van der Waals surface area contributed by atoms with Gasteiger partial charge in [-0.1, -0.05) is 42.3 Å². The molecule has 0 spiro atoms. The molecule has 0 bridgehead atoms. The highest BCUT2D eigenvalue weighted by molar-refractivity contribution is 6.32. The SMILES string of the molecule is C1CCN(C2CCOCC2)CC1.CC(=O)Oc1c(C)cc(C)cc1Cl.CNc1ccccc1CCN(C=O)C1CCN(C(=O)CCC(C)=O)CC1. The number of nitrogens with zero attached hydrogens (tertiary/aromatic N) is 3. The largest absolute Gasteiger partial charge is 0.425 e. The Labute approximate surface area is 310 Å². The van der Waals surface area contributed by atoms with Gasteiger partial charge in [0.25, 0.3) is 0 Å². The number of benzene rings is 2. The number of anilines is 1. The van der Waals surface area contributed by atoms with Gasteiger partial charge in [-0.3, -0.25) is 14.4 Å². The molecule has 0 radical (unpaired) electrons. The highest BCUT2D eigenvalue weighted by Crippen LogP contribution is 2.29. The van der Waals surface area contributed by atoms with Crippen molar-refractivity contribution >= 4 is 41.4 Å². The third-order valence-corrected chi connectivity index (χ3v) is 10.0. The first-order valence-corrected chi connectivity index (χ1v) is 18.9. The minimum atomic E-state index is -0.353. The van der Waals surface area contributed by atoms with Crippen molar-refractivity contribution in [3.63, 3.8) is 0 Å². The van der Waals surface area contributed by atoms with Crippen molar-refractivity contribution in [1.29, 1.82) is 0 Å². The summed E-state index contributed by atoms with van der Waals surface area (Å²) in [5.74, 6) is 0.190. The molecule has 3 aliphatic rings. The molecule has 0 atom stereocenters. The smallest absolute Gasteiger partial charge is 0.308 e. The molecular weight excluding hydrogens is 668 g/mol. The number of likely N-dealkylation sites (tertiary alicyclic amines) is 2. The lowest BCUT2D eigenvalue weighted by molar-refractivity contribution is -0.135. The third kappa shape index (κ3) is 14.6. The van der Waals surface area contributed by atoms with Crippen LogP contribution in [0, 0.1) is 13.8 Å². The summed E-state index contributed by atoms with van der Waals surface area (Å²) in [5.41, 5.74) is 4.21. The normalized spacial score (nSPS) is 16.9. The Morgan fingerprint density at radius 3 is 2.22 bits per heavy atom.